The van der Waals surface area contributed by atoms with Crippen molar-refractivity contribution in [3.63, 3.8) is 0 Å². The highest BCUT2D eigenvalue weighted by Gasteiger charge is 2.36. The van der Waals surface area contributed by atoms with Crippen LogP contribution in [0.15, 0.2) is 30.3 Å². The minimum absolute atomic E-state index is 0.0401. The zero-order valence-electron chi connectivity index (χ0n) is 17.4. The van der Waals surface area contributed by atoms with Gasteiger partial charge >= 0.3 is 6.11 Å². The Hall–Kier alpha value is -2.02. The smallest absolute Gasteiger partial charge is 0.316 e. The highest BCUT2D eigenvalue weighted by Crippen LogP contribution is 2.39. The monoisotopic (exact) mass is 444 g/mol. The largest absolute Gasteiger partial charge is 0.386 e. The van der Waals surface area contributed by atoms with Gasteiger partial charge in [-0.2, -0.15) is 8.78 Å². The summed E-state index contributed by atoms with van der Waals surface area (Å²) in [5, 5.41) is 0. The van der Waals surface area contributed by atoms with Crippen LogP contribution in [0.1, 0.15) is 68.1 Å². The normalized spacial score (nSPS) is 19.6. The number of alkyl halides is 2. The summed E-state index contributed by atoms with van der Waals surface area (Å²) in [6.07, 6.45) is 2.09. The maximum atomic E-state index is 14.5. The summed E-state index contributed by atoms with van der Waals surface area (Å²) in [5.41, 5.74) is -0.210. The Morgan fingerprint density at radius 1 is 0.903 bits per heavy atom. The molecule has 1 aliphatic rings. The quantitative estimate of drug-likeness (QED) is 0.301. The summed E-state index contributed by atoms with van der Waals surface area (Å²) < 4.78 is 87.2. The predicted octanol–water partition coefficient (Wildman–Crippen LogP) is 7.63. The Bertz CT molecular complexity index is 867. The molecule has 1 aliphatic carbocycles. The Morgan fingerprint density at radius 3 is 2.13 bits per heavy atom. The maximum absolute atomic E-state index is 14.5. The van der Waals surface area contributed by atoms with Gasteiger partial charge in [0.15, 0.2) is 17.5 Å². The molecule has 0 spiro atoms. The van der Waals surface area contributed by atoms with Crippen LogP contribution in [-0.2, 0) is 17.3 Å². The van der Waals surface area contributed by atoms with E-state index in [4.69, 9.17) is 0 Å². The lowest BCUT2D eigenvalue weighted by Gasteiger charge is -2.29. The van der Waals surface area contributed by atoms with Crippen LogP contribution in [0, 0.1) is 29.2 Å². The molecule has 0 aromatic heterocycles. The molecule has 1 nitrogen and oxygen atoms in total. The van der Waals surface area contributed by atoms with Gasteiger partial charge < -0.3 is 4.74 Å². The van der Waals surface area contributed by atoms with Gasteiger partial charge in [0.2, 0.25) is 0 Å². The minimum Gasteiger partial charge on any atom is -0.316 e. The van der Waals surface area contributed by atoms with Gasteiger partial charge in [0, 0.05) is 0 Å². The van der Waals surface area contributed by atoms with Crippen LogP contribution < -0.4 is 0 Å². The second-order valence-electron chi connectivity index (χ2n) is 8.23. The van der Waals surface area contributed by atoms with Crippen molar-refractivity contribution >= 4 is 0 Å². The first-order valence-corrected chi connectivity index (χ1v) is 10.7. The van der Waals surface area contributed by atoms with Gasteiger partial charge in [-0.15, -0.1) is 0 Å². The third-order valence-corrected chi connectivity index (χ3v) is 6.04. The van der Waals surface area contributed by atoms with Crippen LogP contribution in [0.25, 0.3) is 0 Å². The molecule has 0 saturated heterocycles. The first kappa shape index (κ1) is 23.6. The summed E-state index contributed by atoms with van der Waals surface area (Å²) in [6, 6.07) is 5.14. The molecule has 0 N–H and O–H groups in total. The molecule has 1 saturated carbocycles. The molecular formula is C24H26F6O. The molecule has 3 rings (SSSR count). The van der Waals surface area contributed by atoms with Crippen molar-refractivity contribution in [3.8, 4) is 0 Å². The second-order valence-corrected chi connectivity index (χ2v) is 8.23. The summed E-state index contributed by atoms with van der Waals surface area (Å²) >= 11 is 0. The first-order chi connectivity index (χ1) is 14.7. The predicted molar refractivity (Wildman–Crippen MR) is 106 cm³/mol. The maximum Gasteiger partial charge on any atom is 0.386 e. The van der Waals surface area contributed by atoms with E-state index in [1.807, 2.05) is 0 Å². The summed E-state index contributed by atoms with van der Waals surface area (Å²) in [5.74, 6) is -4.65. The molecule has 2 aromatic rings. The van der Waals surface area contributed by atoms with Gasteiger partial charge in [-0.3, -0.25) is 0 Å². The van der Waals surface area contributed by atoms with Crippen LogP contribution >= 0.6 is 0 Å². The average molecular weight is 444 g/mol. The van der Waals surface area contributed by atoms with Crippen molar-refractivity contribution < 1.29 is 31.1 Å². The first-order valence-electron chi connectivity index (χ1n) is 10.7. The third-order valence-electron chi connectivity index (χ3n) is 6.04. The van der Waals surface area contributed by atoms with Crippen LogP contribution in [0.2, 0.25) is 0 Å². The number of rotatable bonds is 8. The molecule has 1 fully saturated rings. The molecule has 2 aromatic carbocycles. The van der Waals surface area contributed by atoms with Gasteiger partial charge in [0.25, 0.3) is 0 Å². The van der Waals surface area contributed by atoms with E-state index < -0.39 is 41.5 Å². The van der Waals surface area contributed by atoms with E-state index in [-0.39, 0.29) is 17.9 Å². The lowest BCUT2D eigenvalue weighted by atomic mass is 9.77. The van der Waals surface area contributed by atoms with E-state index in [0.717, 1.165) is 44.2 Å². The fourth-order valence-corrected chi connectivity index (χ4v) is 4.34. The van der Waals surface area contributed by atoms with E-state index >= 15 is 0 Å². The van der Waals surface area contributed by atoms with Gasteiger partial charge in [-0.05, 0) is 79.3 Å². The van der Waals surface area contributed by atoms with Gasteiger partial charge in [-0.1, -0.05) is 25.8 Å². The Balaban J connectivity index is 1.61. The lowest BCUT2D eigenvalue weighted by Crippen LogP contribution is -2.22. The van der Waals surface area contributed by atoms with Crippen molar-refractivity contribution in [1.29, 1.82) is 0 Å². The third kappa shape index (κ3) is 5.82. The molecule has 0 bridgehead atoms. The molecule has 0 amide bonds. The van der Waals surface area contributed by atoms with Crippen LogP contribution in [-0.4, -0.2) is 6.61 Å². The molecular weight excluding hydrogens is 418 g/mol. The molecule has 31 heavy (non-hydrogen) atoms. The van der Waals surface area contributed by atoms with E-state index in [1.54, 1.807) is 0 Å². The minimum atomic E-state index is -3.90. The van der Waals surface area contributed by atoms with E-state index in [0.29, 0.717) is 23.6 Å². The van der Waals surface area contributed by atoms with Crippen molar-refractivity contribution in [2.45, 2.75) is 63.9 Å². The van der Waals surface area contributed by atoms with Crippen molar-refractivity contribution in [3.05, 3.63) is 70.3 Å². The van der Waals surface area contributed by atoms with Crippen LogP contribution in [0.4, 0.5) is 26.3 Å². The van der Waals surface area contributed by atoms with Crippen molar-refractivity contribution in [1.82, 2.24) is 0 Å². The lowest BCUT2D eigenvalue weighted by molar-refractivity contribution is -0.249. The number of benzene rings is 2. The Morgan fingerprint density at radius 2 is 1.55 bits per heavy atom. The SMILES string of the molecule is CCCC1CCC(c2ccc(C(F)(F)OCCc3cc(F)c(F)c(F)c3)c(F)c2)CC1. The average Bonchev–Trinajstić information content (AvgIpc) is 2.72. The highest BCUT2D eigenvalue weighted by atomic mass is 19.3. The van der Waals surface area contributed by atoms with Gasteiger partial charge in [-0.25, -0.2) is 17.6 Å². The zero-order valence-corrected chi connectivity index (χ0v) is 17.4. The number of ether oxygens (including phenoxy) is 1. The molecule has 0 radical (unpaired) electrons. The number of halogens is 6. The fraction of sp³-hybridized carbons (Fsp3) is 0.500. The van der Waals surface area contributed by atoms with Crippen LogP contribution in [0.3, 0.4) is 0 Å². The molecule has 170 valence electrons. The van der Waals surface area contributed by atoms with Gasteiger partial charge in [0.05, 0.1) is 12.2 Å². The van der Waals surface area contributed by atoms with Crippen molar-refractivity contribution in [2.24, 2.45) is 5.92 Å². The molecule has 0 atom stereocenters. The summed E-state index contributed by atoms with van der Waals surface area (Å²) in [4.78, 5) is 0. The Labute approximate surface area is 178 Å². The number of hydrogen-bond acceptors (Lipinski definition) is 1. The Kier molecular flexibility index (Phi) is 7.68. The van der Waals surface area contributed by atoms with E-state index in [9.17, 15) is 26.3 Å². The topological polar surface area (TPSA) is 9.23 Å². The molecule has 7 heteroatoms. The molecule has 0 unspecified atom stereocenters. The second kappa shape index (κ2) is 10.1. The highest BCUT2D eigenvalue weighted by molar-refractivity contribution is 5.29. The fourth-order valence-electron chi connectivity index (χ4n) is 4.34. The van der Waals surface area contributed by atoms with Crippen molar-refractivity contribution in [2.75, 3.05) is 6.61 Å². The summed E-state index contributed by atoms with van der Waals surface area (Å²) in [7, 11) is 0. The molecule has 0 heterocycles. The van der Waals surface area contributed by atoms with E-state index in [2.05, 4.69) is 11.7 Å². The summed E-state index contributed by atoms with van der Waals surface area (Å²) in [6.45, 7) is 1.53. The molecule has 0 aliphatic heterocycles. The van der Waals surface area contributed by atoms with E-state index in [1.165, 1.54) is 12.5 Å². The van der Waals surface area contributed by atoms with Gasteiger partial charge in [0.1, 0.15) is 5.82 Å². The van der Waals surface area contributed by atoms with Crippen LogP contribution in [0.5, 0.6) is 0 Å². The zero-order chi connectivity index (χ0) is 22.6. The number of hydrogen-bond donors (Lipinski definition) is 0. The standard InChI is InChI=1S/C24H26F6O/c1-2-3-15-4-6-17(7-5-15)18-8-9-19(20(25)14-18)24(29,30)31-11-10-16-12-21(26)23(28)22(27)13-16/h8-9,12-15,17H,2-7,10-11H2,1H3.